The van der Waals surface area contributed by atoms with Crippen molar-refractivity contribution in [2.75, 3.05) is 33.5 Å². The second-order valence-electron chi connectivity index (χ2n) is 3.98. The maximum Gasteiger partial charge on any atom is 0.339 e. The molecule has 2 N–H and O–H groups in total. The minimum atomic E-state index is -1.12. The molecule has 0 heterocycles. The van der Waals surface area contributed by atoms with Crippen molar-refractivity contribution in [2.24, 2.45) is 0 Å². The van der Waals surface area contributed by atoms with Gasteiger partial charge >= 0.3 is 5.97 Å². The van der Waals surface area contributed by atoms with Crippen molar-refractivity contribution in [1.82, 2.24) is 0 Å². The highest BCUT2D eigenvalue weighted by Gasteiger charge is 2.13. The van der Waals surface area contributed by atoms with Crippen molar-refractivity contribution in [3.8, 4) is 5.75 Å². The normalized spacial score (nSPS) is 12.2. The molecule has 7 heteroatoms. The van der Waals surface area contributed by atoms with E-state index in [9.17, 15) is 9.90 Å². The molecule has 0 aliphatic rings. The maximum absolute atomic E-state index is 11.0. The number of hydrogen-bond donors (Lipinski definition) is 2. The van der Waals surface area contributed by atoms with Gasteiger partial charge in [-0.3, -0.25) is 0 Å². The lowest BCUT2D eigenvalue weighted by molar-refractivity contribution is -0.00438. The van der Waals surface area contributed by atoms with Crippen molar-refractivity contribution in [2.45, 2.75) is 6.10 Å². The molecule has 1 rings (SSSR count). The number of carbonyl (C=O) groups is 1. The molecule has 0 fully saturated rings. The topological polar surface area (TPSA) is 85.2 Å². The third-order valence-electron chi connectivity index (χ3n) is 2.35. The Hall–Kier alpha value is -1.34. The van der Waals surface area contributed by atoms with Crippen molar-refractivity contribution in [3.05, 3.63) is 28.8 Å². The summed E-state index contributed by atoms with van der Waals surface area (Å²) in [5.41, 5.74) is -0.0121. The minimum absolute atomic E-state index is 0.0121. The van der Waals surface area contributed by atoms with Crippen LogP contribution in [0.25, 0.3) is 0 Å². The van der Waals surface area contributed by atoms with Gasteiger partial charge in [-0.15, -0.1) is 0 Å². The average molecular weight is 305 g/mol. The summed E-state index contributed by atoms with van der Waals surface area (Å²) < 4.78 is 15.2. The number of carboxylic acid groups (broad SMARTS) is 1. The third-order valence-corrected chi connectivity index (χ3v) is 2.58. The molecule has 1 unspecified atom stereocenters. The summed E-state index contributed by atoms with van der Waals surface area (Å²) in [7, 11) is 1.55. The van der Waals surface area contributed by atoms with E-state index in [4.69, 9.17) is 30.9 Å². The van der Waals surface area contributed by atoms with E-state index in [1.807, 2.05) is 0 Å². The number of halogens is 1. The van der Waals surface area contributed by atoms with Crippen LogP contribution in [0.2, 0.25) is 5.02 Å². The number of ether oxygens (including phenoxy) is 3. The van der Waals surface area contributed by atoms with Crippen LogP contribution in [0.3, 0.4) is 0 Å². The largest absolute Gasteiger partial charge is 0.490 e. The molecule has 1 aromatic carbocycles. The predicted molar refractivity (Wildman–Crippen MR) is 72.6 cm³/mol. The second-order valence-corrected chi connectivity index (χ2v) is 4.41. The van der Waals surface area contributed by atoms with Gasteiger partial charge in [0, 0.05) is 12.1 Å². The molecule has 1 atom stereocenters. The number of aliphatic hydroxyl groups excluding tert-OH is 1. The summed E-state index contributed by atoms with van der Waals surface area (Å²) in [6.07, 6.45) is -0.868. The highest BCUT2D eigenvalue weighted by Crippen LogP contribution is 2.23. The van der Waals surface area contributed by atoms with Crippen molar-refractivity contribution in [3.63, 3.8) is 0 Å². The monoisotopic (exact) mass is 304 g/mol. The summed E-state index contributed by atoms with van der Waals surface area (Å²) in [5.74, 6) is -1.01. The van der Waals surface area contributed by atoms with Crippen molar-refractivity contribution in [1.29, 1.82) is 0 Å². The second kappa shape index (κ2) is 8.76. The molecule has 1 aromatic rings. The Morgan fingerprint density at radius 2 is 2.10 bits per heavy atom. The first-order chi connectivity index (χ1) is 9.54. The highest BCUT2D eigenvalue weighted by atomic mass is 35.5. The zero-order chi connectivity index (χ0) is 15.0. The van der Waals surface area contributed by atoms with Gasteiger partial charge in [0.2, 0.25) is 0 Å². The lowest BCUT2D eigenvalue weighted by atomic mass is 10.2. The van der Waals surface area contributed by atoms with E-state index < -0.39 is 12.1 Å². The summed E-state index contributed by atoms with van der Waals surface area (Å²) in [6, 6.07) is 4.20. The molecule has 0 aliphatic heterocycles. The Morgan fingerprint density at radius 1 is 1.35 bits per heavy atom. The Labute approximate surface area is 121 Å². The minimum Gasteiger partial charge on any atom is -0.490 e. The number of methoxy groups -OCH3 is 1. The fourth-order valence-electron chi connectivity index (χ4n) is 1.39. The van der Waals surface area contributed by atoms with E-state index in [2.05, 4.69) is 0 Å². The molecule has 0 aromatic heterocycles. The van der Waals surface area contributed by atoms with Crippen molar-refractivity contribution >= 4 is 17.6 Å². The standard InChI is InChI=1S/C13H17ClO6/c1-18-4-5-19-7-10(15)8-20-12-6-9(14)2-3-11(12)13(16)17/h2-3,6,10,15H,4-5,7-8H2,1H3,(H,16,17). The number of rotatable bonds is 9. The third kappa shape index (κ3) is 5.75. The lowest BCUT2D eigenvalue weighted by Crippen LogP contribution is -2.24. The zero-order valence-corrected chi connectivity index (χ0v) is 11.8. The number of carboxylic acids is 1. The molecule has 112 valence electrons. The Morgan fingerprint density at radius 3 is 2.75 bits per heavy atom. The van der Waals surface area contributed by atoms with Gasteiger partial charge in [-0.2, -0.15) is 0 Å². The SMILES string of the molecule is COCCOCC(O)COc1cc(Cl)ccc1C(=O)O. The van der Waals surface area contributed by atoms with Crippen LogP contribution < -0.4 is 4.74 Å². The Balaban J connectivity index is 2.48. The molecular weight excluding hydrogens is 288 g/mol. The van der Waals surface area contributed by atoms with Crippen LogP contribution in [0.4, 0.5) is 0 Å². The molecule has 0 aliphatic carbocycles. The van der Waals surface area contributed by atoms with E-state index in [0.29, 0.717) is 18.2 Å². The number of aliphatic hydroxyl groups is 1. The van der Waals surface area contributed by atoms with Gasteiger partial charge < -0.3 is 24.4 Å². The van der Waals surface area contributed by atoms with Gasteiger partial charge in [0.15, 0.2) is 0 Å². The first kappa shape index (κ1) is 16.7. The molecule has 0 amide bonds. The van der Waals surface area contributed by atoms with Gasteiger partial charge in [-0.1, -0.05) is 11.6 Å². The molecule has 6 nitrogen and oxygen atoms in total. The van der Waals surface area contributed by atoms with Gasteiger partial charge in [0.25, 0.3) is 0 Å². The van der Waals surface area contributed by atoms with E-state index in [1.54, 1.807) is 7.11 Å². The fraction of sp³-hybridized carbons (Fsp3) is 0.462. The van der Waals surface area contributed by atoms with Crippen LogP contribution in [0.1, 0.15) is 10.4 Å². The number of hydrogen-bond acceptors (Lipinski definition) is 5. The Bertz CT molecular complexity index is 437. The van der Waals surface area contributed by atoms with E-state index in [0.717, 1.165) is 0 Å². The number of benzene rings is 1. The van der Waals surface area contributed by atoms with Gasteiger partial charge in [0.1, 0.15) is 24.0 Å². The quantitative estimate of drug-likeness (QED) is 0.672. The molecule has 0 radical (unpaired) electrons. The fourth-order valence-corrected chi connectivity index (χ4v) is 1.55. The van der Waals surface area contributed by atoms with Gasteiger partial charge in [0.05, 0.1) is 19.8 Å². The molecule has 0 saturated heterocycles. The first-order valence-corrected chi connectivity index (χ1v) is 6.32. The zero-order valence-electron chi connectivity index (χ0n) is 11.0. The van der Waals surface area contributed by atoms with Crippen LogP contribution in [-0.2, 0) is 9.47 Å². The summed E-state index contributed by atoms with van der Waals surface area (Å²) in [4.78, 5) is 11.0. The van der Waals surface area contributed by atoms with Crippen LogP contribution in [0.5, 0.6) is 5.75 Å². The number of aromatic carboxylic acids is 1. The van der Waals surface area contributed by atoms with E-state index in [-0.39, 0.29) is 24.5 Å². The van der Waals surface area contributed by atoms with E-state index >= 15 is 0 Å². The highest BCUT2D eigenvalue weighted by molar-refractivity contribution is 6.30. The predicted octanol–water partition coefficient (Wildman–Crippen LogP) is 1.44. The van der Waals surface area contributed by atoms with Crippen LogP contribution in [0, 0.1) is 0 Å². The molecule has 0 spiro atoms. The Kier molecular flexibility index (Phi) is 7.32. The van der Waals surface area contributed by atoms with Crippen LogP contribution in [0.15, 0.2) is 18.2 Å². The van der Waals surface area contributed by atoms with Crippen LogP contribution in [-0.4, -0.2) is 55.8 Å². The lowest BCUT2D eigenvalue weighted by Gasteiger charge is -2.14. The molecule has 20 heavy (non-hydrogen) atoms. The van der Waals surface area contributed by atoms with E-state index in [1.165, 1.54) is 18.2 Å². The van der Waals surface area contributed by atoms with Crippen molar-refractivity contribution < 1.29 is 29.2 Å². The smallest absolute Gasteiger partial charge is 0.339 e. The van der Waals surface area contributed by atoms with Gasteiger partial charge in [-0.25, -0.2) is 4.79 Å². The maximum atomic E-state index is 11.0. The summed E-state index contributed by atoms with van der Waals surface area (Å²) in [6.45, 7) is 0.788. The summed E-state index contributed by atoms with van der Waals surface area (Å²) in [5, 5.41) is 19.0. The van der Waals surface area contributed by atoms with Crippen LogP contribution >= 0.6 is 11.6 Å². The molecule has 0 bridgehead atoms. The molecular formula is C13H17ClO6. The van der Waals surface area contributed by atoms with Gasteiger partial charge in [-0.05, 0) is 18.2 Å². The first-order valence-electron chi connectivity index (χ1n) is 5.95. The molecule has 0 saturated carbocycles. The average Bonchev–Trinajstić information content (AvgIpc) is 2.41. The summed E-state index contributed by atoms with van der Waals surface area (Å²) >= 11 is 5.78.